The summed E-state index contributed by atoms with van der Waals surface area (Å²) in [5.74, 6) is -3.87. The number of carboxylic acid groups (broad SMARTS) is 2. The summed E-state index contributed by atoms with van der Waals surface area (Å²) in [4.78, 5) is 40.8. The van der Waals surface area contributed by atoms with Gasteiger partial charge in [-0.1, -0.05) is 0 Å². The molecule has 1 aromatic heterocycles. The number of hydrogen-bond acceptors (Lipinski definition) is 6. The normalized spacial score (nSPS) is 12.3. The van der Waals surface area contributed by atoms with Gasteiger partial charge < -0.3 is 14.9 Å². The Bertz CT molecular complexity index is 564. The van der Waals surface area contributed by atoms with E-state index in [4.69, 9.17) is 14.9 Å². The highest BCUT2D eigenvalue weighted by Gasteiger charge is 2.24. The minimum absolute atomic E-state index is 0.0718. The Morgan fingerprint density at radius 2 is 1.77 bits per heavy atom. The minimum Gasteiger partial charge on any atom is -0.481 e. The molecule has 1 unspecified atom stereocenters. The number of nitrogens with zero attached hydrogens (tertiary/aromatic N) is 2. The Hall–Kier alpha value is -2.71. The molecule has 0 radical (unpaired) electrons. The molecule has 0 aliphatic carbocycles. The van der Waals surface area contributed by atoms with Crippen LogP contribution in [0.15, 0.2) is 12.4 Å². The van der Waals surface area contributed by atoms with Gasteiger partial charge in [0.05, 0.1) is 12.3 Å². The second-order valence-electron chi connectivity index (χ2n) is 5.46. The van der Waals surface area contributed by atoms with Gasteiger partial charge in [0.1, 0.15) is 5.60 Å². The first-order chi connectivity index (χ1) is 10.1. The van der Waals surface area contributed by atoms with Crippen LogP contribution >= 0.6 is 0 Å². The van der Waals surface area contributed by atoms with Crippen molar-refractivity contribution in [1.29, 1.82) is 0 Å². The van der Waals surface area contributed by atoms with Crippen molar-refractivity contribution >= 4 is 24.0 Å². The van der Waals surface area contributed by atoms with E-state index in [9.17, 15) is 14.4 Å². The van der Waals surface area contributed by atoms with Crippen LogP contribution in [0.1, 0.15) is 38.7 Å². The van der Waals surface area contributed by atoms with E-state index in [1.165, 1.54) is 0 Å². The van der Waals surface area contributed by atoms with Gasteiger partial charge in [-0.3, -0.25) is 14.9 Å². The molecule has 120 valence electrons. The Kier molecular flexibility index (Phi) is 5.39. The molecule has 1 atom stereocenters. The van der Waals surface area contributed by atoms with Crippen molar-refractivity contribution in [1.82, 2.24) is 9.97 Å². The molecule has 0 aliphatic heterocycles. The van der Waals surface area contributed by atoms with Crippen LogP contribution in [0, 0.1) is 0 Å². The zero-order chi connectivity index (χ0) is 16.9. The second-order valence-corrected chi connectivity index (χ2v) is 5.46. The summed E-state index contributed by atoms with van der Waals surface area (Å²) in [6, 6.07) is 0. The maximum absolute atomic E-state index is 11.5. The van der Waals surface area contributed by atoms with Crippen molar-refractivity contribution in [2.45, 2.75) is 38.7 Å². The molecule has 0 saturated carbocycles. The lowest BCUT2D eigenvalue weighted by Crippen LogP contribution is -2.27. The number of nitrogens with one attached hydrogen (secondary N) is 1. The maximum atomic E-state index is 11.5. The molecule has 1 aromatic rings. The van der Waals surface area contributed by atoms with Crippen LogP contribution in [0.4, 0.5) is 10.7 Å². The zero-order valence-corrected chi connectivity index (χ0v) is 12.4. The number of anilines is 1. The topological polar surface area (TPSA) is 139 Å². The fraction of sp³-hybridized carbons (Fsp3) is 0.462. The summed E-state index contributed by atoms with van der Waals surface area (Å²) < 4.78 is 5.01. The van der Waals surface area contributed by atoms with Gasteiger partial charge in [0.25, 0.3) is 0 Å². The second kappa shape index (κ2) is 6.83. The molecule has 0 spiro atoms. The molecule has 0 aliphatic rings. The molecule has 0 fully saturated rings. The van der Waals surface area contributed by atoms with Crippen molar-refractivity contribution in [3.8, 4) is 0 Å². The van der Waals surface area contributed by atoms with E-state index in [1.807, 2.05) is 0 Å². The molecule has 9 nitrogen and oxygen atoms in total. The molecule has 0 aromatic carbocycles. The quantitative estimate of drug-likeness (QED) is 0.742. The lowest BCUT2D eigenvalue weighted by molar-refractivity contribution is -0.145. The Morgan fingerprint density at radius 1 is 1.23 bits per heavy atom. The van der Waals surface area contributed by atoms with E-state index >= 15 is 0 Å². The zero-order valence-electron chi connectivity index (χ0n) is 12.4. The SMILES string of the molecule is CC(C)(C)OC(=O)Nc1ncc(C(CC(=O)O)C(=O)O)cn1. The van der Waals surface area contributed by atoms with Gasteiger partial charge in [0.15, 0.2) is 0 Å². The molecule has 3 N–H and O–H groups in total. The molecule has 22 heavy (non-hydrogen) atoms. The molecule has 0 bridgehead atoms. The van der Waals surface area contributed by atoms with E-state index in [0.29, 0.717) is 0 Å². The van der Waals surface area contributed by atoms with Gasteiger partial charge in [-0.15, -0.1) is 0 Å². The maximum Gasteiger partial charge on any atom is 0.414 e. The Balaban J connectivity index is 2.79. The van der Waals surface area contributed by atoms with Crippen molar-refractivity contribution < 1.29 is 29.3 Å². The first-order valence-corrected chi connectivity index (χ1v) is 6.35. The summed E-state index contributed by atoms with van der Waals surface area (Å²) in [5.41, 5.74) is -0.551. The van der Waals surface area contributed by atoms with Crippen molar-refractivity contribution in [3.05, 3.63) is 18.0 Å². The highest BCUT2D eigenvalue weighted by Crippen LogP contribution is 2.19. The number of aliphatic carboxylic acids is 2. The van der Waals surface area contributed by atoms with Crippen molar-refractivity contribution in [2.24, 2.45) is 0 Å². The number of hydrogen-bond donors (Lipinski definition) is 3. The first-order valence-electron chi connectivity index (χ1n) is 6.35. The van der Waals surface area contributed by atoms with Crippen LogP contribution in [-0.4, -0.2) is 43.8 Å². The van der Waals surface area contributed by atoms with Gasteiger partial charge in [-0.25, -0.2) is 14.8 Å². The van der Waals surface area contributed by atoms with Crippen LogP contribution in [0.2, 0.25) is 0 Å². The fourth-order valence-corrected chi connectivity index (χ4v) is 1.50. The number of carbonyl (C=O) groups excluding carboxylic acids is 1. The third-order valence-electron chi connectivity index (χ3n) is 2.36. The third kappa shape index (κ3) is 5.73. The number of amides is 1. The van der Waals surface area contributed by atoms with E-state index in [1.54, 1.807) is 20.8 Å². The highest BCUT2D eigenvalue weighted by molar-refractivity contribution is 5.83. The van der Waals surface area contributed by atoms with Gasteiger partial charge in [0, 0.05) is 18.0 Å². The standard InChI is InChI=1S/C13H17N3O6/c1-13(2,3)22-12(21)16-11-14-5-7(6-15-11)8(10(19)20)4-9(17)18/h5-6,8H,4H2,1-3H3,(H,17,18)(H,19,20)(H,14,15,16,21). The highest BCUT2D eigenvalue weighted by atomic mass is 16.6. The number of rotatable bonds is 5. The minimum atomic E-state index is -1.29. The summed E-state index contributed by atoms with van der Waals surface area (Å²) in [6.45, 7) is 5.08. The smallest absolute Gasteiger partial charge is 0.414 e. The lowest BCUT2D eigenvalue weighted by Gasteiger charge is -2.19. The third-order valence-corrected chi connectivity index (χ3v) is 2.36. The average molecular weight is 311 g/mol. The number of carboxylic acids is 2. The molecular formula is C13H17N3O6. The van der Waals surface area contributed by atoms with E-state index < -0.39 is 36.0 Å². The predicted octanol–water partition coefficient (Wildman–Crippen LogP) is 1.47. The molecule has 1 amide bonds. The summed E-state index contributed by atoms with van der Waals surface area (Å²) in [7, 11) is 0. The van der Waals surface area contributed by atoms with Crippen LogP contribution in [0.3, 0.4) is 0 Å². The molecular weight excluding hydrogens is 294 g/mol. The monoisotopic (exact) mass is 311 g/mol. The van der Waals surface area contributed by atoms with Gasteiger partial charge in [0.2, 0.25) is 5.95 Å². The van der Waals surface area contributed by atoms with E-state index in [2.05, 4.69) is 15.3 Å². The largest absolute Gasteiger partial charge is 0.481 e. The molecule has 9 heteroatoms. The molecule has 0 saturated heterocycles. The van der Waals surface area contributed by atoms with Crippen molar-refractivity contribution in [2.75, 3.05) is 5.32 Å². The van der Waals surface area contributed by atoms with Crippen LogP contribution in [0.25, 0.3) is 0 Å². The molecule has 1 rings (SSSR count). The predicted molar refractivity (Wildman–Crippen MR) is 74.5 cm³/mol. The van der Waals surface area contributed by atoms with Gasteiger partial charge >= 0.3 is 18.0 Å². The van der Waals surface area contributed by atoms with E-state index in [0.717, 1.165) is 12.4 Å². The van der Waals surface area contributed by atoms with E-state index in [-0.39, 0.29) is 11.5 Å². The summed E-state index contributed by atoms with van der Waals surface area (Å²) in [6.07, 6.45) is 0.973. The van der Waals surface area contributed by atoms with Crippen LogP contribution in [-0.2, 0) is 14.3 Å². The number of ether oxygens (including phenoxy) is 1. The number of aromatic nitrogens is 2. The number of carbonyl (C=O) groups is 3. The van der Waals surface area contributed by atoms with Crippen LogP contribution in [0.5, 0.6) is 0 Å². The summed E-state index contributed by atoms with van der Waals surface area (Å²) >= 11 is 0. The Labute approximate surface area is 126 Å². The Morgan fingerprint density at radius 3 is 2.18 bits per heavy atom. The lowest BCUT2D eigenvalue weighted by atomic mass is 9.99. The van der Waals surface area contributed by atoms with Gasteiger partial charge in [-0.05, 0) is 20.8 Å². The average Bonchev–Trinajstić information content (AvgIpc) is 2.34. The fourth-order valence-electron chi connectivity index (χ4n) is 1.50. The summed E-state index contributed by atoms with van der Waals surface area (Å²) in [5, 5.41) is 20.0. The van der Waals surface area contributed by atoms with Crippen LogP contribution < -0.4 is 5.32 Å². The first kappa shape index (κ1) is 17.3. The molecule has 1 heterocycles. The van der Waals surface area contributed by atoms with Crippen molar-refractivity contribution in [3.63, 3.8) is 0 Å². The van der Waals surface area contributed by atoms with Gasteiger partial charge in [-0.2, -0.15) is 0 Å².